The van der Waals surface area contributed by atoms with E-state index < -0.39 is 0 Å². The maximum absolute atomic E-state index is 12.0. The van der Waals surface area contributed by atoms with Crippen LogP contribution in [0.25, 0.3) is 0 Å². The lowest BCUT2D eigenvalue weighted by Gasteiger charge is -2.21. The summed E-state index contributed by atoms with van der Waals surface area (Å²) in [6, 6.07) is 7.68. The molecule has 0 heterocycles. The molecule has 1 aromatic carbocycles. The summed E-state index contributed by atoms with van der Waals surface area (Å²) in [5.41, 5.74) is 7.36. The molecular weight excluding hydrogens is 186 g/mol. The summed E-state index contributed by atoms with van der Waals surface area (Å²) in [6.07, 6.45) is 0.508. The number of carbonyl (C=O) groups is 1. The zero-order chi connectivity index (χ0) is 11.5. The van der Waals surface area contributed by atoms with E-state index in [4.69, 9.17) is 5.73 Å². The zero-order valence-electron chi connectivity index (χ0n) is 9.71. The molecule has 0 radical (unpaired) electrons. The molecule has 2 heteroatoms. The topological polar surface area (TPSA) is 43.1 Å². The maximum Gasteiger partial charge on any atom is 0.163 e. The van der Waals surface area contributed by atoms with E-state index in [1.54, 1.807) is 0 Å². The largest absolute Gasteiger partial charge is 0.330 e. The number of ketones is 1. The Balaban J connectivity index is 2.83. The van der Waals surface area contributed by atoms with Crippen molar-refractivity contribution in [2.75, 3.05) is 6.54 Å². The van der Waals surface area contributed by atoms with Gasteiger partial charge in [-0.1, -0.05) is 38.1 Å². The predicted octanol–water partition coefficient (Wildman–Crippen LogP) is 2.55. The van der Waals surface area contributed by atoms with Crippen LogP contribution in [0.5, 0.6) is 0 Å². The highest BCUT2D eigenvalue weighted by Gasteiger charge is 2.21. The summed E-state index contributed by atoms with van der Waals surface area (Å²) in [5.74, 6) is 0.184. The van der Waals surface area contributed by atoms with E-state index in [9.17, 15) is 4.79 Å². The van der Waals surface area contributed by atoms with Crippen LogP contribution in [-0.2, 0) is 0 Å². The van der Waals surface area contributed by atoms with Crippen molar-refractivity contribution in [3.8, 4) is 0 Å². The first-order valence-electron chi connectivity index (χ1n) is 5.25. The summed E-state index contributed by atoms with van der Waals surface area (Å²) in [6.45, 7) is 6.53. The number of carbonyl (C=O) groups excluding carboxylic acids is 1. The van der Waals surface area contributed by atoms with Gasteiger partial charge >= 0.3 is 0 Å². The number of hydrogen-bond acceptors (Lipinski definition) is 2. The molecule has 0 amide bonds. The lowest BCUT2D eigenvalue weighted by atomic mass is 9.85. The van der Waals surface area contributed by atoms with Crippen LogP contribution in [0.4, 0.5) is 0 Å². The maximum atomic E-state index is 12.0. The van der Waals surface area contributed by atoms with Crippen molar-refractivity contribution in [3.05, 3.63) is 35.4 Å². The Bertz CT molecular complexity index is 355. The predicted molar refractivity (Wildman–Crippen MR) is 63.0 cm³/mol. The van der Waals surface area contributed by atoms with Crippen LogP contribution >= 0.6 is 0 Å². The Morgan fingerprint density at radius 2 is 1.93 bits per heavy atom. The summed E-state index contributed by atoms with van der Waals surface area (Å²) in [7, 11) is 0. The van der Waals surface area contributed by atoms with Gasteiger partial charge in [0.25, 0.3) is 0 Å². The molecule has 0 unspecified atom stereocenters. The molecule has 0 aliphatic carbocycles. The van der Waals surface area contributed by atoms with Gasteiger partial charge in [0.05, 0.1) is 0 Å². The van der Waals surface area contributed by atoms with Crippen LogP contribution in [0, 0.1) is 12.3 Å². The van der Waals surface area contributed by atoms with Crippen LogP contribution in [0.2, 0.25) is 0 Å². The Labute approximate surface area is 91.5 Å². The van der Waals surface area contributed by atoms with Gasteiger partial charge in [0, 0.05) is 12.0 Å². The number of Topliss-reactive ketones (excluding diaryl/α,β-unsaturated/α-hetero) is 1. The average molecular weight is 205 g/mol. The molecule has 1 rings (SSSR count). The standard InChI is InChI=1S/C13H19NO/c1-10-6-4-5-7-11(10)12(15)8-13(2,3)9-14/h4-7H,8-9,14H2,1-3H3. The summed E-state index contributed by atoms with van der Waals surface area (Å²) in [4.78, 5) is 12.0. The fourth-order valence-electron chi connectivity index (χ4n) is 1.49. The van der Waals surface area contributed by atoms with Crippen LogP contribution in [-0.4, -0.2) is 12.3 Å². The average Bonchev–Trinajstić information content (AvgIpc) is 2.17. The van der Waals surface area contributed by atoms with Crippen molar-refractivity contribution < 1.29 is 4.79 Å². The molecule has 2 nitrogen and oxygen atoms in total. The van der Waals surface area contributed by atoms with Crippen molar-refractivity contribution in [1.29, 1.82) is 0 Å². The molecule has 0 spiro atoms. The second-order valence-corrected chi connectivity index (χ2v) is 4.78. The number of hydrogen-bond donors (Lipinski definition) is 1. The van der Waals surface area contributed by atoms with E-state index in [-0.39, 0.29) is 11.2 Å². The van der Waals surface area contributed by atoms with Gasteiger partial charge < -0.3 is 5.73 Å². The highest BCUT2D eigenvalue weighted by molar-refractivity contribution is 5.97. The van der Waals surface area contributed by atoms with Gasteiger partial charge in [0.1, 0.15) is 0 Å². The third-order valence-corrected chi connectivity index (χ3v) is 2.64. The Morgan fingerprint density at radius 1 is 1.33 bits per heavy atom. The molecule has 15 heavy (non-hydrogen) atoms. The second-order valence-electron chi connectivity index (χ2n) is 4.78. The van der Waals surface area contributed by atoms with Crippen molar-refractivity contribution in [2.45, 2.75) is 27.2 Å². The smallest absolute Gasteiger partial charge is 0.163 e. The molecule has 0 bridgehead atoms. The van der Waals surface area contributed by atoms with Gasteiger partial charge in [0.15, 0.2) is 5.78 Å². The normalized spacial score (nSPS) is 11.5. The Hall–Kier alpha value is -1.15. The minimum atomic E-state index is -0.112. The van der Waals surface area contributed by atoms with Crippen LogP contribution in [0.15, 0.2) is 24.3 Å². The van der Waals surface area contributed by atoms with Gasteiger partial charge in [0.2, 0.25) is 0 Å². The Kier molecular flexibility index (Phi) is 3.64. The van der Waals surface area contributed by atoms with Crippen LogP contribution < -0.4 is 5.73 Å². The summed E-state index contributed by atoms with van der Waals surface area (Å²) in [5, 5.41) is 0. The first-order chi connectivity index (χ1) is 6.96. The quantitative estimate of drug-likeness (QED) is 0.768. The van der Waals surface area contributed by atoms with E-state index in [1.807, 2.05) is 45.0 Å². The molecule has 0 saturated carbocycles. The summed E-state index contributed by atoms with van der Waals surface area (Å²) < 4.78 is 0. The van der Waals surface area contributed by atoms with E-state index in [0.29, 0.717) is 13.0 Å². The highest BCUT2D eigenvalue weighted by Crippen LogP contribution is 2.22. The fraction of sp³-hybridized carbons (Fsp3) is 0.462. The molecule has 0 fully saturated rings. The van der Waals surface area contributed by atoms with E-state index in [0.717, 1.165) is 11.1 Å². The SMILES string of the molecule is Cc1ccccc1C(=O)CC(C)(C)CN. The van der Waals surface area contributed by atoms with Gasteiger partial charge in [-0.2, -0.15) is 0 Å². The molecule has 0 aromatic heterocycles. The molecule has 0 aliphatic rings. The third-order valence-electron chi connectivity index (χ3n) is 2.64. The first kappa shape index (κ1) is 11.9. The molecule has 1 aromatic rings. The monoisotopic (exact) mass is 205 g/mol. The summed E-state index contributed by atoms with van der Waals surface area (Å²) >= 11 is 0. The lowest BCUT2D eigenvalue weighted by molar-refractivity contribution is 0.0934. The first-order valence-corrected chi connectivity index (χ1v) is 5.25. The van der Waals surface area contributed by atoms with Crippen LogP contribution in [0.1, 0.15) is 36.2 Å². The molecule has 82 valence electrons. The second kappa shape index (κ2) is 4.58. The number of nitrogens with two attached hydrogens (primary N) is 1. The molecule has 2 N–H and O–H groups in total. The van der Waals surface area contributed by atoms with Gasteiger partial charge in [-0.05, 0) is 24.4 Å². The molecular formula is C13H19NO. The zero-order valence-corrected chi connectivity index (χ0v) is 9.71. The Morgan fingerprint density at radius 3 is 2.47 bits per heavy atom. The third kappa shape index (κ3) is 3.17. The molecule has 0 saturated heterocycles. The van der Waals surface area contributed by atoms with Gasteiger partial charge in [-0.25, -0.2) is 0 Å². The highest BCUT2D eigenvalue weighted by atomic mass is 16.1. The number of rotatable bonds is 4. The van der Waals surface area contributed by atoms with Crippen molar-refractivity contribution in [3.63, 3.8) is 0 Å². The van der Waals surface area contributed by atoms with Gasteiger partial charge in [-0.15, -0.1) is 0 Å². The van der Waals surface area contributed by atoms with Gasteiger partial charge in [-0.3, -0.25) is 4.79 Å². The minimum absolute atomic E-state index is 0.112. The van der Waals surface area contributed by atoms with Crippen molar-refractivity contribution >= 4 is 5.78 Å². The number of benzene rings is 1. The minimum Gasteiger partial charge on any atom is -0.330 e. The van der Waals surface area contributed by atoms with Crippen LogP contribution in [0.3, 0.4) is 0 Å². The van der Waals surface area contributed by atoms with Crippen molar-refractivity contribution in [1.82, 2.24) is 0 Å². The van der Waals surface area contributed by atoms with Crippen molar-refractivity contribution in [2.24, 2.45) is 11.1 Å². The van der Waals surface area contributed by atoms with E-state index in [1.165, 1.54) is 0 Å². The fourth-order valence-corrected chi connectivity index (χ4v) is 1.49. The molecule has 0 aliphatic heterocycles. The van der Waals surface area contributed by atoms with E-state index in [2.05, 4.69) is 0 Å². The van der Waals surface area contributed by atoms with E-state index >= 15 is 0 Å². The molecule has 0 atom stereocenters. The number of aryl methyl sites for hydroxylation is 1. The lowest BCUT2D eigenvalue weighted by Crippen LogP contribution is -2.26.